The highest BCUT2D eigenvalue weighted by atomic mass is 16.5. The molecule has 2 atom stereocenters. The molecule has 20 heavy (non-hydrogen) atoms. The Balaban J connectivity index is 2.04. The van der Waals surface area contributed by atoms with Crippen molar-refractivity contribution in [1.82, 2.24) is 0 Å². The van der Waals surface area contributed by atoms with E-state index in [2.05, 4.69) is 6.07 Å². The Morgan fingerprint density at radius 3 is 2.90 bits per heavy atom. The molecule has 112 valence electrons. The number of aliphatic hydroxyl groups excluding tert-OH is 1. The van der Waals surface area contributed by atoms with E-state index in [9.17, 15) is 0 Å². The van der Waals surface area contributed by atoms with Gasteiger partial charge in [-0.3, -0.25) is 0 Å². The molecule has 0 saturated heterocycles. The van der Waals surface area contributed by atoms with Gasteiger partial charge in [0.05, 0.1) is 6.61 Å². The Labute approximate surface area is 119 Å². The van der Waals surface area contributed by atoms with Crippen LogP contribution in [-0.2, 0) is 11.2 Å². The molecule has 0 heterocycles. The number of benzene rings is 1. The van der Waals surface area contributed by atoms with Gasteiger partial charge in [-0.1, -0.05) is 12.1 Å². The number of rotatable bonds is 7. The normalized spacial score (nSPS) is 21.2. The lowest BCUT2D eigenvalue weighted by Gasteiger charge is -2.20. The number of hydrogen-bond donors (Lipinski definition) is 3. The maximum Gasteiger partial charge on any atom is 0.151 e. The van der Waals surface area contributed by atoms with Gasteiger partial charge in [-0.15, -0.1) is 0 Å². The summed E-state index contributed by atoms with van der Waals surface area (Å²) in [6.45, 7) is 3.01. The number of fused-ring (bicyclic) bond motifs is 1. The molecule has 1 aromatic rings. The van der Waals surface area contributed by atoms with E-state index in [-0.39, 0.29) is 12.1 Å². The summed E-state index contributed by atoms with van der Waals surface area (Å²) < 4.78 is 11.5. The van der Waals surface area contributed by atoms with Crippen molar-refractivity contribution in [2.24, 2.45) is 5.73 Å². The van der Waals surface area contributed by atoms with Crippen molar-refractivity contribution in [2.75, 3.05) is 13.2 Å². The van der Waals surface area contributed by atoms with E-state index in [1.165, 1.54) is 5.56 Å². The minimum atomic E-state index is -1.28. The third-order valence-electron chi connectivity index (χ3n) is 3.49. The molecule has 5 nitrogen and oxygen atoms in total. The summed E-state index contributed by atoms with van der Waals surface area (Å²) in [6.07, 6.45) is 0.226. The van der Waals surface area contributed by atoms with Crippen molar-refractivity contribution in [1.29, 1.82) is 0 Å². The Bertz CT molecular complexity index is 436. The van der Waals surface area contributed by atoms with E-state index in [4.69, 9.17) is 25.4 Å². The smallest absolute Gasteiger partial charge is 0.151 e. The summed E-state index contributed by atoms with van der Waals surface area (Å²) in [5.41, 5.74) is 8.38. The van der Waals surface area contributed by atoms with Crippen LogP contribution < -0.4 is 10.5 Å². The first-order valence-electron chi connectivity index (χ1n) is 7.11. The summed E-state index contributed by atoms with van der Waals surface area (Å²) in [7, 11) is 0. The average Bonchev–Trinajstić information content (AvgIpc) is 2.72. The predicted molar refractivity (Wildman–Crippen MR) is 75.4 cm³/mol. The third-order valence-corrected chi connectivity index (χ3v) is 3.49. The second kappa shape index (κ2) is 7.04. The second-order valence-electron chi connectivity index (χ2n) is 5.04. The molecule has 1 aliphatic carbocycles. The van der Waals surface area contributed by atoms with Crippen LogP contribution >= 0.6 is 0 Å². The summed E-state index contributed by atoms with van der Waals surface area (Å²) in [6, 6.07) is 5.89. The molecule has 2 unspecified atom stereocenters. The van der Waals surface area contributed by atoms with Crippen LogP contribution in [0.2, 0.25) is 0 Å². The number of nitrogens with two attached hydrogens (primary N) is 1. The van der Waals surface area contributed by atoms with Gasteiger partial charge in [-0.05, 0) is 31.4 Å². The second-order valence-corrected chi connectivity index (χ2v) is 5.04. The van der Waals surface area contributed by atoms with E-state index in [0.29, 0.717) is 26.1 Å². The zero-order chi connectivity index (χ0) is 14.5. The van der Waals surface area contributed by atoms with Gasteiger partial charge in [0.1, 0.15) is 11.9 Å². The Kier molecular flexibility index (Phi) is 5.37. The first-order valence-corrected chi connectivity index (χ1v) is 7.11. The first kappa shape index (κ1) is 15.3. The number of ether oxygens (including phenoxy) is 2. The highest BCUT2D eigenvalue weighted by Gasteiger charge is 2.33. The van der Waals surface area contributed by atoms with Gasteiger partial charge in [-0.25, -0.2) is 0 Å². The predicted octanol–water partition coefficient (Wildman–Crippen LogP) is 1.12. The lowest BCUT2D eigenvalue weighted by molar-refractivity contribution is -0.0542. The van der Waals surface area contributed by atoms with E-state index in [1.807, 2.05) is 19.1 Å². The lowest BCUT2D eigenvalue weighted by Crippen LogP contribution is -2.27. The van der Waals surface area contributed by atoms with Crippen molar-refractivity contribution in [2.45, 2.75) is 44.6 Å². The fourth-order valence-corrected chi connectivity index (χ4v) is 2.63. The molecule has 1 aromatic carbocycles. The Hall–Kier alpha value is -1.14. The van der Waals surface area contributed by atoms with Crippen LogP contribution in [0.1, 0.15) is 37.0 Å². The molecule has 0 fully saturated rings. The molecule has 1 aliphatic rings. The molecule has 0 bridgehead atoms. The fraction of sp³-hybridized carbons (Fsp3) is 0.600. The van der Waals surface area contributed by atoms with Gasteiger partial charge < -0.3 is 25.4 Å². The molecule has 0 amide bonds. The van der Waals surface area contributed by atoms with Crippen LogP contribution in [0.15, 0.2) is 18.2 Å². The molecule has 0 saturated carbocycles. The van der Waals surface area contributed by atoms with Gasteiger partial charge in [0.15, 0.2) is 6.29 Å². The number of aliphatic hydroxyl groups is 2. The summed E-state index contributed by atoms with van der Waals surface area (Å²) in [5.74, 6) is 0.838. The minimum Gasteiger partial charge on any atom is -0.493 e. The van der Waals surface area contributed by atoms with Crippen molar-refractivity contribution < 1.29 is 19.7 Å². The fourth-order valence-electron chi connectivity index (χ4n) is 2.63. The van der Waals surface area contributed by atoms with Crippen molar-refractivity contribution in [3.05, 3.63) is 29.3 Å². The lowest BCUT2D eigenvalue weighted by atomic mass is 10.1. The van der Waals surface area contributed by atoms with Crippen LogP contribution in [-0.4, -0.2) is 35.8 Å². The van der Waals surface area contributed by atoms with Crippen LogP contribution in [0, 0.1) is 0 Å². The maximum atomic E-state index is 8.82. The quantitative estimate of drug-likeness (QED) is 0.515. The van der Waals surface area contributed by atoms with Gasteiger partial charge in [0.25, 0.3) is 0 Å². The first-order chi connectivity index (χ1) is 9.63. The van der Waals surface area contributed by atoms with Crippen molar-refractivity contribution in [3.8, 4) is 5.75 Å². The van der Waals surface area contributed by atoms with E-state index in [1.54, 1.807) is 0 Å². The summed E-state index contributed by atoms with van der Waals surface area (Å²) in [4.78, 5) is 0. The maximum absolute atomic E-state index is 8.82. The monoisotopic (exact) mass is 281 g/mol. The topological polar surface area (TPSA) is 84.9 Å². The zero-order valence-electron chi connectivity index (χ0n) is 11.8. The van der Waals surface area contributed by atoms with Crippen LogP contribution in [0.25, 0.3) is 0 Å². The molecule has 4 N–H and O–H groups in total. The van der Waals surface area contributed by atoms with E-state index in [0.717, 1.165) is 17.7 Å². The standard InChI is InChI=1S/C15H23NO4/c1-2-19-12-6-3-5-10-9-11(16)15(14(10)12)20-8-4-7-13(17)18/h3,5-6,11,13,15,17-18H,2,4,7-9,16H2,1H3. The average molecular weight is 281 g/mol. The van der Waals surface area contributed by atoms with Crippen LogP contribution in [0.4, 0.5) is 0 Å². The summed E-state index contributed by atoms with van der Waals surface area (Å²) >= 11 is 0. The molecule has 0 radical (unpaired) electrons. The highest BCUT2D eigenvalue weighted by molar-refractivity contribution is 5.46. The van der Waals surface area contributed by atoms with Crippen molar-refractivity contribution >= 4 is 0 Å². The molecule has 0 aliphatic heterocycles. The molecule has 5 heteroatoms. The van der Waals surface area contributed by atoms with Crippen LogP contribution in [0.3, 0.4) is 0 Å². The number of hydrogen-bond acceptors (Lipinski definition) is 5. The molecule has 0 spiro atoms. The van der Waals surface area contributed by atoms with Gasteiger partial charge in [-0.2, -0.15) is 0 Å². The summed E-state index contributed by atoms with van der Waals surface area (Å²) in [5, 5.41) is 17.6. The highest BCUT2D eigenvalue weighted by Crippen LogP contribution is 2.39. The van der Waals surface area contributed by atoms with Gasteiger partial charge in [0, 0.05) is 24.6 Å². The molecular formula is C15H23NO4. The molecular weight excluding hydrogens is 258 g/mol. The van der Waals surface area contributed by atoms with E-state index < -0.39 is 6.29 Å². The van der Waals surface area contributed by atoms with E-state index >= 15 is 0 Å². The Morgan fingerprint density at radius 1 is 1.40 bits per heavy atom. The van der Waals surface area contributed by atoms with Gasteiger partial charge in [0.2, 0.25) is 0 Å². The molecule has 2 rings (SSSR count). The van der Waals surface area contributed by atoms with Crippen LogP contribution in [0.5, 0.6) is 5.75 Å². The molecule has 0 aromatic heterocycles. The third kappa shape index (κ3) is 3.49. The Morgan fingerprint density at radius 2 is 2.20 bits per heavy atom. The van der Waals surface area contributed by atoms with Gasteiger partial charge >= 0.3 is 0 Å². The largest absolute Gasteiger partial charge is 0.493 e. The minimum absolute atomic E-state index is 0.0781. The zero-order valence-corrected chi connectivity index (χ0v) is 11.8. The SMILES string of the molecule is CCOc1cccc2c1C(OCCCC(O)O)C(N)C2. The van der Waals surface area contributed by atoms with Crippen molar-refractivity contribution in [3.63, 3.8) is 0 Å².